The summed E-state index contributed by atoms with van der Waals surface area (Å²) in [6, 6.07) is 0. The third-order valence-corrected chi connectivity index (χ3v) is 5.89. The molecule has 1 saturated heterocycles. The van der Waals surface area contributed by atoms with Crippen LogP contribution >= 0.6 is 22.6 Å². The highest BCUT2D eigenvalue weighted by Gasteiger charge is 2.28. The molecule has 2 atom stereocenters. The van der Waals surface area contributed by atoms with E-state index in [2.05, 4.69) is 6.92 Å². The van der Waals surface area contributed by atoms with E-state index in [1.54, 1.807) is 22.6 Å². The van der Waals surface area contributed by atoms with Crippen molar-refractivity contribution in [3.8, 4) is 0 Å². The molecule has 160 valence electrons. The van der Waals surface area contributed by atoms with Crippen molar-refractivity contribution in [3.63, 3.8) is 0 Å². The van der Waals surface area contributed by atoms with Gasteiger partial charge in [-0.3, -0.25) is 0 Å². The molecular formula is C21H36F3IO2. The molecule has 2 unspecified atom stereocenters. The van der Waals surface area contributed by atoms with Crippen molar-refractivity contribution >= 4 is 22.6 Å². The quantitative estimate of drug-likeness (QED) is 0.176. The molecule has 0 aromatic rings. The number of allylic oxidation sites excluding steroid dienone is 1. The minimum atomic E-state index is -4.30. The smallest absolute Gasteiger partial charge is 0.353 e. The summed E-state index contributed by atoms with van der Waals surface area (Å²) in [6.07, 6.45) is 10.8. The summed E-state index contributed by atoms with van der Waals surface area (Å²) in [5.74, 6) is 0. The molecule has 0 amide bonds. The van der Waals surface area contributed by atoms with Gasteiger partial charge in [-0.05, 0) is 48.3 Å². The fourth-order valence-electron chi connectivity index (χ4n) is 3.34. The minimum Gasteiger partial charge on any atom is -0.353 e. The average Bonchev–Trinajstić information content (AvgIpc) is 2.61. The fourth-order valence-corrected chi connectivity index (χ4v) is 4.15. The summed E-state index contributed by atoms with van der Waals surface area (Å²) in [4.78, 5) is 0. The minimum absolute atomic E-state index is 0.227. The Labute approximate surface area is 176 Å². The first kappa shape index (κ1) is 25.2. The second-order valence-electron chi connectivity index (χ2n) is 7.46. The van der Waals surface area contributed by atoms with E-state index in [9.17, 15) is 13.2 Å². The molecule has 1 aliphatic heterocycles. The molecule has 6 heteroatoms. The van der Waals surface area contributed by atoms with Crippen molar-refractivity contribution in [2.24, 2.45) is 0 Å². The van der Waals surface area contributed by atoms with E-state index < -0.39 is 12.3 Å². The van der Waals surface area contributed by atoms with Gasteiger partial charge >= 0.3 is 6.18 Å². The van der Waals surface area contributed by atoms with Gasteiger partial charge in [0.25, 0.3) is 0 Å². The molecule has 0 saturated carbocycles. The van der Waals surface area contributed by atoms with E-state index in [4.69, 9.17) is 9.47 Å². The van der Waals surface area contributed by atoms with Crippen LogP contribution in [0.5, 0.6) is 0 Å². The molecule has 1 heterocycles. The zero-order chi connectivity index (χ0) is 20.0. The Balaban J connectivity index is 2.28. The SMILES string of the molecule is CCCCCCCCCCCCC(OC1CCCCO1)/C(I)=C/C(F)(F)F. The Morgan fingerprint density at radius 1 is 1.04 bits per heavy atom. The van der Waals surface area contributed by atoms with Gasteiger partial charge in [0.2, 0.25) is 0 Å². The summed E-state index contributed by atoms with van der Waals surface area (Å²) in [7, 11) is 0. The molecule has 0 aromatic carbocycles. The van der Waals surface area contributed by atoms with Crippen LogP contribution in [-0.4, -0.2) is 25.2 Å². The van der Waals surface area contributed by atoms with E-state index in [0.29, 0.717) is 19.1 Å². The first-order chi connectivity index (χ1) is 12.9. The van der Waals surface area contributed by atoms with Gasteiger partial charge in [-0.1, -0.05) is 71.1 Å². The van der Waals surface area contributed by atoms with Crippen LogP contribution in [0, 0.1) is 0 Å². The van der Waals surface area contributed by atoms with Crippen LogP contribution in [0.3, 0.4) is 0 Å². The number of rotatable bonds is 14. The molecule has 0 bridgehead atoms. The van der Waals surface area contributed by atoms with Gasteiger partial charge in [0.05, 0.1) is 6.10 Å². The van der Waals surface area contributed by atoms with Gasteiger partial charge in [0.15, 0.2) is 6.29 Å². The molecule has 0 radical (unpaired) electrons. The molecule has 2 nitrogen and oxygen atoms in total. The maximum Gasteiger partial charge on any atom is 0.410 e. The lowest BCUT2D eigenvalue weighted by Crippen LogP contribution is -2.28. The van der Waals surface area contributed by atoms with Crippen LogP contribution in [0.1, 0.15) is 96.8 Å². The van der Waals surface area contributed by atoms with Crippen molar-refractivity contribution in [1.82, 2.24) is 0 Å². The highest BCUT2D eigenvalue weighted by Crippen LogP contribution is 2.29. The first-order valence-corrected chi connectivity index (χ1v) is 11.7. The third kappa shape index (κ3) is 13.9. The predicted octanol–water partition coefficient (Wildman–Crippen LogP) is 8.09. The van der Waals surface area contributed by atoms with E-state index in [0.717, 1.165) is 38.5 Å². The van der Waals surface area contributed by atoms with Crippen molar-refractivity contribution in [3.05, 3.63) is 9.66 Å². The zero-order valence-electron chi connectivity index (χ0n) is 16.7. The molecule has 0 N–H and O–H groups in total. The maximum absolute atomic E-state index is 12.7. The Morgan fingerprint density at radius 3 is 2.15 bits per heavy atom. The lowest BCUT2D eigenvalue weighted by atomic mass is 10.0. The van der Waals surface area contributed by atoms with E-state index in [1.165, 1.54) is 44.9 Å². The highest BCUT2D eigenvalue weighted by atomic mass is 127. The predicted molar refractivity (Wildman–Crippen MR) is 113 cm³/mol. The monoisotopic (exact) mass is 504 g/mol. The van der Waals surface area contributed by atoms with E-state index >= 15 is 0 Å². The van der Waals surface area contributed by atoms with Crippen LogP contribution in [0.25, 0.3) is 0 Å². The fraction of sp³-hybridized carbons (Fsp3) is 0.905. The standard InChI is InChI=1S/C21H36F3IO2/c1-2-3-4-5-6-7-8-9-10-11-14-19(18(25)17-21(22,23)24)27-20-15-12-13-16-26-20/h17,19-20H,2-16H2,1H3/b18-17-. The Bertz CT molecular complexity index is 393. The molecule has 0 aliphatic carbocycles. The summed E-state index contributed by atoms with van der Waals surface area (Å²) >= 11 is 1.78. The van der Waals surface area contributed by atoms with Gasteiger partial charge in [-0.15, -0.1) is 0 Å². The van der Waals surface area contributed by atoms with Gasteiger partial charge in [-0.25, -0.2) is 0 Å². The lowest BCUT2D eigenvalue weighted by molar-refractivity contribution is -0.180. The summed E-state index contributed by atoms with van der Waals surface area (Å²) in [6.45, 7) is 2.86. The highest BCUT2D eigenvalue weighted by molar-refractivity contribution is 14.1. The van der Waals surface area contributed by atoms with Crippen LogP contribution < -0.4 is 0 Å². The van der Waals surface area contributed by atoms with Gasteiger partial charge in [-0.2, -0.15) is 13.2 Å². The van der Waals surface area contributed by atoms with Crippen molar-refractivity contribution in [2.45, 2.75) is 115 Å². The number of hydrogen-bond acceptors (Lipinski definition) is 2. The Morgan fingerprint density at radius 2 is 1.63 bits per heavy atom. The van der Waals surface area contributed by atoms with Crippen molar-refractivity contribution in [1.29, 1.82) is 0 Å². The summed E-state index contributed by atoms with van der Waals surface area (Å²) in [5, 5.41) is 0. The number of alkyl halides is 3. The summed E-state index contributed by atoms with van der Waals surface area (Å²) in [5.41, 5.74) is 0. The summed E-state index contributed by atoms with van der Waals surface area (Å²) < 4.78 is 49.8. The van der Waals surface area contributed by atoms with Crippen molar-refractivity contribution in [2.75, 3.05) is 6.61 Å². The number of halogens is 4. The first-order valence-electron chi connectivity index (χ1n) is 10.6. The van der Waals surface area contributed by atoms with Crippen LogP contribution in [0.15, 0.2) is 9.66 Å². The largest absolute Gasteiger partial charge is 0.410 e. The second-order valence-corrected chi connectivity index (χ2v) is 8.71. The number of unbranched alkanes of at least 4 members (excludes halogenated alkanes) is 9. The van der Waals surface area contributed by atoms with Gasteiger partial charge < -0.3 is 9.47 Å². The normalized spacial score (nSPS) is 20.0. The van der Waals surface area contributed by atoms with Crippen LogP contribution in [0.4, 0.5) is 13.2 Å². The molecular weight excluding hydrogens is 468 g/mol. The van der Waals surface area contributed by atoms with Gasteiger partial charge in [0.1, 0.15) is 0 Å². The molecule has 1 rings (SSSR count). The average molecular weight is 504 g/mol. The van der Waals surface area contributed by atoms with Crippen molar-refractivity contribution < 1.29 is 22.6 Å². The van der Waals surface area contributed by atoms with Gasteiger partial charge in [0, 0.05) is 16.3 Å². The van der Waals surface area contributed by atoms with Crippen LogP contribution in [0.2, 0.25) is 0 Å². The third-order valence-electron chi connectivity index (χ3n) is 4.88. The Kier molecular flexibility index (Phi) is 14.1. The molecule has 0 spiro atoms. The topological polar surface area (TPSA) is 18.5 Å². The second kappa shape index (κ2) is 15.1. The molecule has 1 fully saturated rings. The number of ether oxygens (including phenoxy) is 2. The molecule has 27 heavy (non-hydrogen) atoms. The molecule has 0 aromatic heterocycles. The lowest BCUT2D eigenvalue weighted by Gasteiger charge is -2.28. The van der Waals surface area contributed by atoms with E-state index in [1.807, 2.05) is 0 Å². The van der Waals surface area contributed by atoms with E-state index in [-0.39, 0.29) is 9.87 Å². The van der Waals surface area contributed by atoms with Crippen LogP contribution in [-0.2, 0) is 9.47 Å². The zero-order valence-corrected chi connectivity index (χ0v) is 18.8. The maximum atomic E-state index is 12.7. The molecule has 1 aliphatic rings. The Hall–Kier alpha value is 0.180. The number of hydrogen-bond donors (Lipinski definition) is 0.